The lowest BCUT2D eigenvalue weighted by molar-refractivity contribution is -0.121. The largest absolute Gasteiger partial charge is 0.508 e. The molecule has 1 amide bonds. The Balaban J connectivity index is 2.10. The molecule has 0 aliphatic carbocycles. The fourth-order valence-electron chi connectivity index (χ4n) is 2.15. The molecule has 0 bridgehead atoms. The van der Waals surface area contributed by atoms with Crippen LogP contribution < -0.4 is 5.43 Å². The SMILES string of the molecule is CCN1C(=O)C(=Cc2coc3ccc(O)cc3c2=O)SC1=S. The average Bonchev–Trinajstić information content (AvgIpc) is 2.76. The summed E-state index contributed by atoms with van der Waals surface area (Å²) >= 11 is 6.29. The minimum atomic E-state index is -0.307. The number of carbonyl (C=O) groups excluding carboxylic acids is 1. The van der Waals surface area contributed by atoms with Crippen LogP contribution in [0.1, 0.15) is 12.5 Å². The van der Waals surface area contributed by atoms with Crippen LogP contribution in [0.15, 0.2) is 38.6 Å². The Kier molecular flexibility index (Phi) is 3.76. The summed E-state index contributed by atoms with van der Waals surface area (Å²) < 4.78 is 5.86. The van der Waals surface area contributed by atoms with Gasteiger partial charge in [0.1, 0.15) is 21.9 Å². The molecule has 0 saturated carbocycles. The van der Waals surface area contributed by atoms with Crippen LogP contribution in [0, 0.1) is 0 Å². The Morgan fingerprint density at radius 2 is 2.18 bits per heavy atom. The Hall–Kier alpha value is -2.12. The molecule has 1 aromatic heterocycles. The number of fused-ring (bicyclic) bond motifs is 1. The first-order valence-corrected chi connectivity index (χ1v) is 7.73. The van der Waals surface area contributed by atoms with Crippen LogP contribution in [0.5, 0.6) is 5.75 Å². The summed E-state index contributed by atoms with van der Waals surface area (Å²) in [5, 5.41) is 9.76. The summed E-state index contributed by atoms with van der Waals surface area (Å²) in [6.45, 7) is 2.32. The molecule has 1 saturated heterocycles. The number of hydrogen-bond acceptors (Lipinski definition) is 6. The first kappa shape index (κ1) is 14.8. The number of aromatic hydroxyl groups is 1. The topological polar surface area (TPSA) is 70.8 Å². The third-order valence-corrected chi connectivity index (χ3v) is 4.64. The van der Waals surface area contributed by atoms with E-state index in [4.69, 9.17) is 16.6 Å². The Morgan fingerprint density at radius 1 is 1.41 bits per heavy atom. The maximum absolute atomic E-state index is 12.4. The summed E-state index contributed by atoms with van der Waals surface area (Å²) in [4.78, 5) is 26.4. The molecule has 2 heterocycles. The van der Waals surface area contributed by atoms with Crippen molar-refractivity contribution in [1.82, 2.24) is 4.90 Å². The second-order valence-electron chi connectivity index (χ2n) is 4.63. The molecule has 5 nitrogen and oxygen atoms in total. The van der Waals surface area contributed by atoms with E-state index in [2.05, 4.69) is 0 Å². The molecule has 0 atom stereocenters. The van der Waals surface area contributed by atoms with Crippen LogP contribution in [-0.4, -0.2) is 26.8 Å². The molecule has 1 N–H and O–H groups in total. The first-order chi connectivity index (χ1) is 10.5. The summed E-state index contributed by atoms with van der Waals surface area (Å²) in [6.07, 6.45) is 2.78. The highest BCUT2D eigenvalue weighted by molar-refractivity contribution is 8.26. The number of likely N-dealkylation sites (N-methyl/N-ethyl adjacent to an activating group) is 1. The van der Waals surface area contributed by atoms with Gasteiger partial charge in [-0.3, -0.25) is 14.5 Å². The quantitative estimate of drug-likeness (QED) is 0.673. The summed E-state index contributed by atoms with van der Waals surface area (Å²) in [6, 6.07) is 4.31. The predicted octanol–water partition coefficient (Wildman–Crippen LogP) is 2.72. The number of hydrogen-bond donors (Lipinski definition) is 1. The molecule has 112 valence electrons. The number of phenolic OH excluding ortho intramolecular Hbond substituents is 1. The normalized spacial score (nSPS) is 17.0. The Labute approximate surface area is 135 Å². The number of rotatable bonds is 2. The van der Waals surface area contributed by atoms with E-state index >= 15 is 0 Å². The molecule has 7 heteroatoms. The van der Waals surface area contributed by atoms with Crippen molar-refractivity contribution in [3.8, 4) is 5.75 Å². The van der Waals surface area contributed by atoms with Gasteiger partial charge in [0.25, 0.3) is 5.91 Å². The van der Waals surface area contributed by atoms with Gasteiger partial charge < -0.3 is 9.52 Å². The molecule has 1 fully saturated rings. The maximum Gasteiger partial charge on any atom is 0.266 e. The summed E-state index contributed by atoms with van der Waals surface area (Å²) in [7, 11) is 0. The van der Waals surface area contributed by atoms with Crippen LogP contribution in [0.4, 0.5) is 0 Å². The van der Waals surface area contributed by atoms with Gasteiger partial charge in [-0.15, -0.1) is 0 Å². The highest BCUT2D eigenvalue weighted by Crippen LogP contribution is 2.32. The van der Waals surface area contributed by atoms with Gasteiger partial charge in [0.15, 0.2) is 5.43 Å². The number of carbonyl (C=O) groups is 1. The zero-order valence-electron chi connectivity index (χ0n) is 11.5. The van der Waals surface area contributed by atoms with Crippen LogP contribution >= 0.6 is 24.0 Å². The molecule has 3 rings (SSSR count). The number of amides is 1. The molecule has 1 aliphatic heterocycles. The van der Waals surface area contributed by atoms with Crippen molar-refractivity contribution < 1.29 is 14.3 Å². The zero-order chi connectivity index (χ0) is 15.9. The Morgan fingerprint density at radius 3 is 2.86 bits per heavy atom. The lowest BCUT2D eigenvalue weighted by Crippen LogP contribution is -2.27. The number of benzene rings is 1. The highest BCUT2D eigenvalue weighted by Gasteiger charge is 2.30. The molecular formula is C15H11NO4S2. The molecule has 22 heavy (non-hydrogen) atoms. The number of nitrogens with zero attached hydrogens (tertiary/aromatic N) is 1. The predicted molar refractivity (Wildman–Crippen MR) is 89.7 cm³/mol. The van der Waals surface area contributed by atoms with Crippen molar-refractivity contribution in [1.29, 1.82) is 0 Å². The van der Waals surface area contributed by atoms with Gasteiger partial charge in [0.05, 0.1) is 15.9 Å². The van der Waals surface area contributed by atoms with E-state index in [9.17, 15) is 14.7 Å². The fraction of sp³-hybridized carbons (Fsp3) is 0.133. The highest BCUT2D eigenvalue weighted by atomic mass is 32.2. The molecular weight excluding hydrogens is 322 g/mol. The van der Waals surface area contributed by atoms with Gasteiger partial charge in [0.2, 0.25) is 0 Å². The van der Waals surface area contributed by atoms with Gasteiger partial charge >= 0.3 is 0 Å². The van der Waals surface area contributed by atoms with Crippen LogP contribution in [0.2, 0.25) is 0 Å². The number of thioether (sulfide) groups is 1. The smallest absolute Gasteiger partial charge is 0.266 e. The third-order valence-electron chi connectivity index (χ3n) is 3.26. The lowest BCUT2D eigenvalue weighted by atomic mass is 10.1. The van der Waals surface area contributed by atoms with Gasteiger partial charge in [0, 0.05) is 6.54 Å². The lowest BCUT2D eigenvalue weighted by Gasteiger charge is -2.09. The van der Waals surface area contributed by atoms with Crippen molar-refractivity contribution in [2.24, 2.45) is 0 Å². The molecule has 0 radical (unpaired) electrons. The first-order valence-electron chi connectivity index (χ1n) is 6.51. The van der Waals surface area contributed by atoms with E-state index < -0.39 is 0 Å². The maximum atomic E-state index is 12.4. The second kappa shape index (κ2) is 5.58. The summed E-state index contributed by atoms with van der Waals surface area (Å²) in [5.41, 5.74) is 0.315. The second-order valence-corrected chi connectivity index (χ2v) is 6.30. The monoisotopic (exact) mass is 333 g/mol. The van der Waals surface area contributed by atoms with E-state index in [0.29, 0.717) is 21.4 Å². The van der Waals surface area contributed by atoms with Gasteiger partial charge in [-0.1, -0.05) is 24.0 Å². The van der Waals surface area contributed by atoms with E-state index in [1.165, 1.54) is 35.4 Å². The van der Waals surface area contributed by atoms with E-state index in [1.54, 1.807) is 0 Å². The molecule has 0 unspecified atom stereocenters. The van der Waals surface area contributed by atoms with Crippen molar-refractivity contribution in [2.75, 3.05) is 6.54 Å². The minimum Gasteiger partial charge on any atom is -0.508 e. The van der Waals surface area contributed by atoms with Crippen LogP contribution in [-0.2, 0) is 4.79 Å². The standard InChI is InChI=1S/C15H11NO4S2/c1-2-16-14(19)12(22-15(16)21)5-8-7-20-11-4-3-9(17)6-10(11)13(8)18/h3-7,17H,2H2,1H3. The van der Waals surface area contributed by atoms with Gasteiger partial charge in [-0.25, -0.2) is 0 Å². The summed E-state index contributed by atoms with van der Waals surface area (Å²) in [5.74, 6) is -0.234. The number of thiocarbonyl (C=S) groups is 1. The van der Waals surface area contributed by atoms with E-state index in [1.807, 2.05) is 6.92 Å². The minimum absolute atomic E-state index is 0.0192. The van der Waals surface area contributed by atoms with Crippen molar-refractivity contribution >= 4 is 51.3 Å². The average molecular weight is 333 g/mol. The van der Waals surface area contributed by atoms with Gasteiger partial charge in [-0.05, 0) is 31.2 Å². The fourth-order valence-corrected chi connectivity index (χ4v) is 3.52. The van der Waals surface area contributed by atoms with Crippen LogP contribution in [0.25, 0.3) is 17.0 Å². The van der Waals surface area contributed by atoms with Crippen molar-refractivity contribution in [3.05, 3.63) is 45.2 Å². The van der Waals surface area contributed by atoms with Crippen LogP contribution in [0.3, 0.4) is 0 Å². The van der Waals surface area contributed by atoms with E-state index in [0.717, 1.165) is 11.8 Å². The molecule has 1 aliphatic rings. The van der Waals surface area contributed by atoms with Gasteiger partial charge in [-0.2, -0.15) is 0 Å². The zero-order valence-corrected chi connectivity index (χ0v) is 13.2. The third kappa shape index (κ3) is 2.42. The van der Waals surface area contributed by atoms with Crippen molar-refractivity contribution in [2.45, 2.75) is 6.92 Å². The Bertz CT molecular complexity index is 885. The van der Waals surface area contributed by atoms with E-state index in [-0.39, 0.29) is 28.0 Å². The molecule has 0 spiro atoms. The number of phenols is 1. The molecule has 1 aromatic carbocycles. The van der Waals surface area contributed by atoms with Crippen molar-refractivity contribution in [3.63, 3.8) is 0 Å². The molecule has 2 aromatic rings.